The Bertz CT molecular complexity index is 273. The number of nitrogen functional groups attached to an aromatic ring is 1. The molecule has 0 aromatic carbocycles. The Labute approximate surface area is 75.7 Å². The molecule has 0 unspecified atom stereocenters. The maximum absolute atomic E-state index is 5.67. The van der Waals surface area contributed by atoms with Crippen LogP contribution in [0.2, 0.25) is 0 Å². The summed E-state index contributed by atoms with van der Waals surface area (Å²) in [7, 11) is 5.63. The summed E-state index contributed by atoms with van der Waals surface area (Å²) < 4.78 is 0.792. The number of halogens is 1. The maximum Gasteiger partial charge on any atom is 0.119 e. The molecule has 1 aromatic heterocycles. The van der Waals surface area contributed by atoms with Gasteiger partial charge in [0.05, 0.1) is 10.2 Å². The lowest BCUT2D eigenvalue weighted by Crippen LogP contribution is -2.17. The Kier molecular flexibility index (Phi) is 2.23. The van der Waals surface area contributed by atoms with Crippen LogP contribution in [0.3, 0.4) is 0 Å². The number of hydrogen-bond donors (Lipinski definition) is 1. The summed E-state index contributed by atoms with van der Waals surface area (Å²) in [4.78, 5) is 4.18. The van der Waals surface area contributed by atoms with Crippen LogP contribution in [-0.2, 0) is 0 Å². The first kappa shape index (κ1) is 8.59. The first-order chi connectivity index (χ1) is 5.04. The minimum atomic E-state index is 0.558. The number of aromatic nitrogens is 1. The normalized spacial score (nSPS) is 10.1. The summed E-state index contributed by atoms with van der Waals surface area (Å²) in [5.74, 6) is 0. The molecule has 0 aliphatic carbocycles. The van der Waals surface area contributed by atoms with Crippen molar-refractivity contribution in [3.05, 3.63) is 15.9 Å². The van der Waals surface area contributed by atoms with Crippen molar-refractivity contribution in [3.8, 4) is 0 Å². The predicted molar refractivity (Wildman–Crippen MR) is 51.2 cm³/mol. The first-order valence-electron chi connectivity index (χ1n) is 3.21. The van der Waals surface area contributed by atoms with Gasteiger partial charge in [0.25, 0.3) is 0 Å². The van der Waals surface area contributed by atoms with Gasteiger partial charge in [0.2, 0.25) is 0 Å². The Hall–Kier alpha value is -0.505. The summed E-state index contributed by atoms with van der Waals surface area (Å²) >= 11 is 3.30. The summed E-state index contributed by atoms with van der Waals surface area (Å²) in [5, 5.41) is 0. The molecule has 56 valence electrons. The van der Waals surface area contributed by atoms with Crippen LogP contribution in [-0.4, -0.2) is 12.8 Å². The van der Waals surface area contributed by atoms with Crippen LogP contribution in [0.5, 0.6) is 0 Å². The van der Waals surface area contributed by atoms with E-state index < -0.39 is 0 Å². The zero-order chi connectivity index (χ0) is 8.59. The molecule has 0 fully saturated rings. The number of nitrogens with zero attached hydrogens (tertiary/aromatic N) is 1. The van der Waals surface area contributed by atoms with Crippen molar-refractivity contribution in [1.29, 1.82) is 0 Å². The van der Waals surface area contributed by atoms with Gasteiger partial charge in [-0.15, -0.1) is 0 Å². The van der Waals surface area contributed by atoms with Crippen molar-refractivity contribution in [2.75, 3.05) is 5.73 Å². The molecule has 0 spiro atoms. The van der Waals surface area contributed by atoms with Gasteiger partial charge < -0.3 is 5.73 Å². The molecule has 1 rings (SSSR count). The van der Waals surface area contributed by atoms with E-state index in [9.17, 15) is 0 Å². The topological polar surface area (TPSA) is 38.9 Å². The highest BCUT2D eigenvalue weighted by Crippen LogP contribution is 2.19. The quantitative estimate of drug-likeness (QED) is 0.645. The molecule has 2 N–H and O–H groups in total. The second-order valence-electron chi connectivity index (χ2n) is 2.42. The van der Waals surface area contributed by atoms with E-state index in [1.165, 1.54) is 0 Å². The van der Waals surface area contributed by atoms with Crippen molar-refractivity contribution < 1.29 is 0 Å². The maximum atomic E-state index is 5.67. The first-order valence-corrected chi connectivity index (χ1v) is 4.01. The SMILES string of the molecule is [B]c1c(C)nc(C)c(Br)c1N. The van der Waals surface area contributed by atoms with Gasteiger partial charge in [0.1, 0.15) is 7.85 Å². The molecule has 1 heterocycles. The molecular formula is C7H8BBrN2. The van der Waals surface area contributed by atoms with E-state index in [0.717, 1.165) is 15.9 Å². The second-order valence-corrected chi connectivity index (χ2v) is 3.22. The van der Waals surface area contributed by atoms with E-state index >= 15 is 0 Å². The van der Waals surface area contributed by atoms with Crippen molar-refractivity contribution >= 4 is 34.9 Å². The van der Waals surface area contributed by atoms with Gasteiger partial charge in [-0.2, -0.15) is 0 Å². The lowest BCUT2D eigenvalue weighted by Gasteiger charge is -2.08. The Morgan fingerprint density at radius 1 is 1.36 bits per heavy atom. The minimum absolute atomic E-state index is 0.558. The van der Waals surface area contributed by atoms with Gasteiger partial charge in [0.15, 0.2) is 0 Å². The zero-order valence-electron chi connectivity index (χ0n) is 6.48. The molecule has 2 nitrogen and oxygen atoms in total. The third-order valence-corrected chi connectivity index (χ3v) is 2.57. The number of nitrogens with two attached hydrogens (primary N) is 1. The Morgan fingerprint density at radius 2 is 1.91 bits per heavy atom. The summed E-state index contributed by atoms with van der Waals surface area (Å²) in [5.41, 5.74) is 8.46. The molecular weight excluding hydrogens is 203 g/mol. The van der Waals surface area contributed by atoms with E-state index in [1.54, 1.807) is 0 Å². The Morgan fingerprint density at radius 3 is 2.45 bits per heavy atom. The molecule has 0 amide bonds. The van der Waals surface area contributed by atoms with Crippen LogP contribution in [0, 0.1) is 13.8 Å². The summed E-state index contributed by atoms with van der Waals surface area (Å²) in [6.45, 7) is 3.72. The molecule has 0 bridgehead atoms. The molecule has 0 aliphatic heterocycles. The average molecular weight is 211 g/mol. The fourth-order valence-corrected chi connectivity index (χ4v) is 1.17. The average Bonchev–Trinajstić information content (AvgIpc) is 1.97. The largest absolute Gasteiger partial charge is 0.398 e. The van der Waals surface area contributed by atoms with Crippen LogP contribution in [0.15, 0.2) is 4.47 Å². The minimum Gasteiger partial charge on any atom is -0.398 e. The van der Waals surface area contributed by atoms with Crippen molar-refractivity contribution in [3.63, 3.8) is 0 Å². The number of hydrogen-bond acceptors (Lipinski definition) is 2. The highest BCUT2D eigenvalue weighted by Gasteiger charge is 2.05. The molecule has 0 atom stereocenters. The number of rotatable bonds is 0. The molecule has 11 heavy (non-hydrogen) atoms. The molecule has 1 aromatic rings. The van der Waals surface area contributed by atoms with E-state index in [0.29, 0.717) is 11.2 Å². The summed E-state index contributed by atoms with van der Waals surface area (Å²) in [6.07, 6.45) is 0. The van der Waals surface area contributed by atoms with Crippen LogP contribution < -0.4 is 11.2 Å². The molecule has 0 saturated carbocycles. The number of aryl methyl sites for hydroxylation is 2. The lowest BCUT2D eigenvalue weighted by atomic mass is 9.92. The van der Waals surface area contributed by atoms with Gasteiger partial charge in [-0.3, -0.25) is 4.98 Å². The fourth-order valence-electron chi connectivity index (χ4n) is 0.869. The van der Waals surface area contributed by atoms with Crippen LogP contribution in [0.25, 0.3) is 0 Å². The molecule has 4 heteroatoms. The highest BCUT2D eigenvalue weighted by atomic mass is 79.9. The van der Waals surface area contributed by atoms with Gasteiger partial charge >= 0.3 is 0 Å². The van der Waals surface area contributed by atoms with Crippen molar-refractivity contribution in [2.45, 2.75) is 13.8 Å². The van der Waals surface area contributed by atoms with Crippen LogP contribution in [0.1, 0.15) is 11.4 Å². The van der Waals surface area contributed by atoms with Gasteiger partial charge in [-0.05, 0) is 29.8 Å². The molecule has 2 radical (unpaired) electrons. The van der Waals surface area contributed by atoms with E-state index in [-0.39, 0.29) is 0 Å². The standard InChI is InChI=1S/C7H8BBrN2/c1-3-5(8)7(10)6(9)4(2)11-3/h1-2H3,(H2,10,11). The van der Waals surface area contributed by atoms with E-state index in [4.69, 9.17) is 13.6 Å². The monoisotopic (exact) mass is 210 g/mol. The molecule has 0 aliphatic rings. The van der Waals surface area contributed by atoms with Crippen LogP contribution in [0.4, 0.5) is 5.69 Å². The second kappa shape index (κ2) is 2.85. The Balaban J connectivity index is 3.46. The fraction of sp³-hybridized carbons (Fsp3) is 0.286. The van der Waals surface area contributed by atoms with Crippen molar-refractivity contribution in [1.82, 2.24) is 4.98 Å². The van der Waals surface area contributed by atoms with E-state index in [2.05, 4.69) is 20.9 Å². The number of pyridine rings is 1. The zero-order valence-corrected chi connectivity index (χ0v) is 8.07. The predicted octanol–water partition coefficient (Wildman–Crippen LogP) is 0.837. The summed E-state index contributed by atoms with van der Waals surface area (Å²) in [6, 6.07) is 0. The van der Waals surface area contributed by atoms with Gasteiger partial charge in [0, 0.05) is 11.4 Å². The smallest absolute Gasteiger partial charge is 0.119 e. The van der Waals surface area contributed by atoms with Gasteiger partial charge in [-0.1, -0.05) is 5.46 Å². The third kappa shape index (κ3) is 1.40. The van der Waals surface area contributed by atoms with Crippen molar-refractivity contribution in [2.24, 2.45) is 0 Å². The highest BCUT2D eigenvalue weighted by molar-refractivity contribution is 9.10. The number of anilines is 1. The lowest BCUT2D eigenvalue weighted by molar-refractivity contribution is 1.13. The van der Waals surface area contributed by atoms with Gasteiger partial charge in [-0.25, -0.2) is 0 Å². The van der Waals surface area contributed by atoms with Crippen LogP contribution >= 0.6 is 15.9 Å². The molecule has 0 saturated heterocycles. The third-order valence-electron chi connectivity index (χ3n) is 1.57. The van der Waals surface area contributed by atoms with E-state index in [1.807, 2.05) is 13.8 Å².